The summed E-state index contributed by atoms with van der Waals surface area (Å²) in [6, 6.07) is 3.16. The topological polar surface area (TPSA) is 109 Å². The Kier molecular flexibility index (Phi) is 5.51. The number of ether oxygens (including phenoxy) is 3. The zero-order valence-electron chi connectivity index (χ0n) is 15.1. The zero-order chi connectivity index (χ0) is 18.6. The van der Waals surface area contributed by atoms with Crippen LogP contribution in [0.4, 0.5) is 10.5 Å². The van der Waals surface area contributed by atoms with Gasteiger partial charge in [-0.15, -0.1) is 0 Å². The normalized spacial score (nSPS) is 12.5. The third-order valence-electron chi connectivity index (χ3n) is 3.18. The van der Waals surface area contributed by atoms with Gasteiger partial charge in [0, 0.05) is 6.07 Å². The Labute approximate surface area is 146 Å². The quantitative estimate of drug-likeness (QED) is 0.799. The number of alkyl carbamates (subject to hydrolysis) is 1. The number of nitrogens with one attached hydrogen (secondary N) is 1. The number of anilines is 1. The van der Waals surface area contributed by atoms with E-state index in [1.165, 1.54) is 6.33 Å². The first-order valence-electron chi connectivity index (χ1n) is 7.90. The van der Waals surface area contributed by atoms with Crippen LogP contribution >= 0.6 is 0 Å². The highest BCUT2D eigenvalue weighted by atomic mass is 16.6. The monoisotopic (exact) mass is 348 g/mol. The second-order valence-electron chi connectivity index (χ2n) is 6.65. The first kappa shape index (κ1) is 18.6. The minimum Gasteiger partial charge on any atom is -0.495 e. The van der Waals surface area contributed by atoms with Crippen molar-refractivity contribution in [3.8, 4) is 11.6 Å². The van der Waals surface area contributed by atoms with Gasteiger partial charge in [0.15, 0.2) is 0 Å². The lowest BCUT2D eigenvalue weighted by Crippen LogP contribution is -2.40. The molecule has 0 aliphatic carbocycles. The van der Waals surface area contributed by atoms with E-state index < -0.39 is 11.7 Å². The maximum Gasteiger partial charge on any atom is 0.407 e. The van der Waals surface area contributed by atoms with Crippen LogP contribution in [-0.4, -0.2) is 41.4 Å². The van der Waals surface area contributed by atoms with Gasteiger partial charge < -0.3 is 25.3 Å². The molecule has 1 heterocycles. The van der Waals surface area contributed by atoms with Crippen LogP contribution in [0.1, 0.15) is 27.7 Å². The maximum absolute atomic E-state index is 11.8. The lowest BCUT2D eigenvalue weighted by atomic mass is 10.2. The third-order valence-corrected chi connectivity index (χ3v) is 3.18. The van der Waals surface area contributed by atoms with E-state index in [0.29, 0.717) is 28.2 Å². The largest absolute Gasteiger partial charge is 0.495 e. The fourth-order valence-corrected chi connectivity index (χ4v) is 2.12. The van der Waals surface area contributed by atoms with Crippen molar-refractivity contribution in [1.82, 2.24) is 15.3 Å². The molecule has 0 saturated heterocycles. The van der Waals surface area contributed by atoms with Gasteiger partial charge >= 0.3 is 6.09 Å². The molecule has 8 nitrogen and oxygen atoms in total. The van der Waals surface area contributed by atoms with E-state index in [0.717, 1.165) is 0 Å². The summed E-state index contributed by atoms with van der Waals surface area (Å²) < 4.78 is 16.1. The van der Waals surface area contributed by atoms with Crippen molar-refractivity contribution in [2.75, 3.05) is 19.5 Å². The molecule has 3 N–H and O–H groups in total. The standard InChI is InChI=1S/C17H24N4O4/c1-10(21-16(22)25-17(2,3)4)8-24-15-11-6-12(18)14(23-5)7-13(11)19-9-20-15/h6-7,9-10H,8,18H2,1-5H3,(H,21,22)/t10-/m1/s1. The highest BCUT2D eigenvalue weighted by Crippen LogP contribution is 2.30. The summed E-state index contributed by atoms with van der Waals surface area (Å²) in [5.41, 5.74) is 6.51. The summed E-state index contributed by atoms with van der Waals surface area (Å²) in [7, 11) is 1.54. The Balaban J connectivity index is 2.05. The van der Waals surface area contributed by atoms with E-state index in [1.54, 1.807) is 40.0 Å². The number of rotatable bonds is 5. The maximum atomic E-state index is 11.8. The highest BCUT2D eigenvalue weighted by molar-refractivity contribution is 5.88. The van der Waals surface area contributed by atoms with Gasteiger partial charge in [-0.05, 0) is 33.8 Å². The zero-order valence-corrected chi connectivity index (χ0v) is 15.1. The number of fused-ring (bicyclic) bond motifs is 1. The summed E-state index contributed by atoms with van der Waals surface area (Å²) in [4.78, 5) is 20.1. The van der Waals surface area contributed by atoms with Crippen LogP contribution in [0.15, 0.2) is 18.5 Å². The van der Waals surface area contributed by atoms with Gasteiger partial charge in [-0.1, -0.05) is 0 Å². The molecule has 0 spiro atoms. The molecule has 25 heavy (non-hydrogen) atoms. The first-order chi connectivity index (χ1) is 11.7. The van der Waals surface area contributed by atoms with E-state index in [-0.39, 0.29) is 12.6 Å². The summed E-state index contributed by atoms with van der Waals surface area (Å²) in [6.45, 7) is 7.44. The smallest absolute Gasteiger partial charge is 0.407 e. The van der Waals surface area contributed by atoms with E-state index in [9.17, 15) is 4.79 Å². The van der Waals surface area contributed by atoms with Crippen molar-refractivity contribution in [3.63, 3.8) is 0 Å². The van der Waals surface area contributed by atoms with Crippen molar-refractivity contribution in [1.29, 1.82) is 0 Å². The number of amides is 1. The van der Waals surface area contributed by atoms with Gasteiger partial charge in [-0.2, -0.15) is 0 Å². The number of nitrogens with two attached hydrogens (primary N) is 1. The molecule has 1 amide bonds. The van der Waals surface area contributed by atoms with E-state index in [1.807, 2.05) is 6.92 Å². The number of hydrogen-bond donors (Lipinski definition) is 2. The number of aromatic nitrogens is 2. The number of carbonyl (C=O) groups is 1. The fourth-order valence-electron chi connectivity index (χ4n) is 2.12. The predicted molar refractivity (Wildman–Crippen MR) is 94.8 cm³/mol. The molecule has 0 aliphatic rings. The molecule has 0 aliphatic heterocycles. The molecule has 0 unspecified atom stereocenters. The highest BCUT2D eigenvalue weighted by Gasteiger charge is 2.18. The minimum absolute atomic E-state index is 0.220. The van der Waals surface area contributed by atoms with Gasteiger partial charge in [0.2, 0.25) is 5.88 Å². The van der Waals surface area contributed by atoms with Crippen LogP contribution in [0.3, 0.4) is 0 Å². The Bertz CT molecular complexity index is 758. The molecule has 1 atom stereocenters. The second-order valence-corrected chi connectivity index (χ2v) is 6.65. The third kappa shape index (κ3) is 5.10. The van der Waals surface area contributed by atoms with Crippen LogP contribution in [0.5, 0.6) is 11.6 Å². The Morgan fingerprint density at radius 3 is 2.68 bits per heavy atom. The molecule has 0 fully saturated rings. The number of hydrogen-bond acceptors (Lipinski definition) is 7. The fraction of sp³-hybridized carbons (Fsp3) is 0.471. The van der Waals surface area contributed by atoms with E-state index in [2.05, 4.69) is 15.3 Å². The van der Waals surface area contributed by atoms with E-state index in [4.69, 9.17) is 19.9 Å². The summed E-state index contributed by atoms with van der Waals surface area (Å²) in [5, 5.41) is 3.38. The first-order valence-corrected chi connectivity index (χ1v) is 7.90. The molecule has 1 aromatic heterocycles. The van der Waals surface area contributed by atoms with Crippen LogP contribution in [0.25, 0.3) is 10.9 Å². The SMILES string of the molecule is COc1cc2ncnc(OC[C@@H](C)NC(=O)OC(C)(C)C)c2cc1N. The molecule has 0 saturated carbocycles. The van der Waals surface area contributed by atoms with Crippen LogP contribution in [-0.2, 0) is 4.74 Å². The van der Waals surface area contributed by atoms with Gasteiger partial charge in [0.1, 0.15) is 24.3 Å². The summed E-state index contributed by atoms with van der Waals surface area (Å²) >= 11 is 0. The Morgan fingerprint density at radius 1 is 1.32 bits per heavy atom. The molecule has 1 aromatic carbocycles. The number of nitrogen functional groups attached to an aromatic ring is 1. The second kappa shape index (κ2) is 7.42. The predicted octanol–water partition coefficient (Wildman–Crippen LogP) is 2.51. The van der Waals surface area contributed by atoms with Crippen molar-refractivity contribution >= 4 is 22.7 Å². The molecule has 2 rings (SSSR count). The van der Waals surface area contributed by atoms with Gasteiger partial charge in [-0.3, -0.25) is 0 Å². The lowest BCUT2D eigenvalue weighted by molar-refractivity contribution is 0.0493. The molecule has 0 radical (unpaired) electrons. The average molecular weight is 348 g/mol. The number of methoxy groups -OCH3 is 1. The van der Waals surface area contributed by atoms with Crippen molar-refractivity contribution in [2.45, 2.75) is 39.3 Å². The molecule has 136 valence electrons. The van der Waals surface area contributed by atoms with Crippen molar-refractivity contribution in [2.24, 2.45) is 0 Å². The molecular formula is C17H24N4O4. The lowest BCUT2D eigenvalue weighted by Gasteiger charge is -2.22. The van der Waals surface area contributed by atoms with Crippen LogP contribution in [0.2, 0.25) is 0 Å². The number of benzene rings is 1. The van der Waals surface area contributed by atoms with Gasteiger partial charge in [-0.25, -0.2) is 14.8 Å². The summed E-state index contributed by atoms with van der Waals surface area (Å²) in [5.74, 6) is 0.925. The molecular weight excluding hydrogens is 324 g/mol. The molecule has 0 bridgehead atoms. The average Bonchev–Trinajstić information content (AvgIpc) is 2.50. The van der Waals surface area contributed by atoms with Gasteiger partial charge in [0.25, 0.3) is 0 Å². The Morgan fingerprint density at radius 2 is 2.04 bits per heavy atom. The number of nitrogens with zero attached hydrogens (tertiary/aromatic N) is 2. The van der Waals surface area contributed by atoms with Crippen molar-refractivity contribution < 1.29 is 19.0 Å². The number of carbonyl (C=O) groups excluding carboxylic acids is 1. The van der Waals surface area contributed by atoms with Crippen LogP contribution < -0.4 is 20.5 Å². The molecule has 8 heteroatoms. The molecule has 2 aromatic rings. The van der Waals surface area contributed by atoms with Crippen LogP contribution in [0, 0.1) is 0 Å². The minimum atomic E-state index is -0.551. The van der Waals surface area contributed by atoms with Gasteiger partial charge in [0.05, 0.1) is 29.7 Å². The van der Waals surface area contributed by atoms with Crippen molar-refractivity contribution in [3.05, 3.63) is 18.5 Å². The van der Waals surface area contributed by atoms with E-state index >= 15 is 0 Å². The Hall–Kier alpha value is -2.77. The summed E-state index contributed by atoms with van der Waals surface area (Å²) in [6.07, 6.45) is 0.907.